The normalized spacial score (nSPS) is 10.8. The molecule has 2 aromatic carbocycles. The van der Waals surface area contributed by atoms with E-state index >= 15 is 0 Å². The summed E-state index contributed by atoms with van der Waals surface area (Å²) in [4.78, 5) is 30.4. The average Bonchev–Trinajstić information content (AvgIpc) is 2.76. The first kappa shape index (κ1) is 27.7. The molecule has 0 spiro atoms. The van der Waals surface area contributed by atoms with Crippen LogP contribution in [0.3, 0.4) is 0 Å². The molecule has 0 saturated carbocycles. The third kappa shape index (κ3) is 9.35. The second-order valence-corrected chi connectivity index (χ2v) is 8.44. The van der Waals surface area contributed by atoms with Gasteiger partial charge in [0.15, 0.2) is 0 Å². The van der Waals surface area contributed by atoms with Gasteiger partial charge in [0.05, 0.1) is 11.4 Å². The molecule has 0 radical (unpaired) electrons. The third-order valence-corrected chi connectivity index (χ3v) is 6.22. The van der Waals surface area contributed by atoms with E-state index in [0.717, 1.165) is 5.56 Å². The van der Waals surface area contributed by atoms with Crippen molar-refractivity contribution in [2.45, 2.75) is 25.3 Å². The zero-order chi connectivity index (χ0) is 25.0. The molecule has 0 aliphatic rings. The van der Waals surface area contributed by atoms with Crippen LogP contribution in [0.1, 0.15) is 19.4 Å². The summed E-state index contributed by atoms with van der Waals surface area (Å²) in [5.74, 6) is -4.25. The molecule has 0 aromatic heterocycles. The van der Waals surface area contributed by atoms with Gasteiger partial charge in [-0.3, -0.25) is 4.79 Å². The molecule has 1 amide bonds. The number of nitrogens with one attached hydrogen (secondary N) is 2. The second-order valence-electron chi connectivity index (χ2n) is 6.51. The lowest BCUT2D eigenvalue weighted by atomic mass is 10.2. The Hall–Kier alpha value is -3.35. The lowest BCUT2D eigenvalue weighted by Crippen LogP contribution is -2.31. The molecular formula is C21H26FN3O7S. The lowest BCUT2D eigenvalue weighted by Gasteiger charge is -2.18. The van der Waals surface area contributed by atoms with Gasteiger partial charge >= 0.3 is 11.9 Å². The van der Waals surface area contributed by atoms with E-state index in [1.54, 1.807) is 38.1 Å². The van der Waals surface area contributed by atoms with E-state index in [1.807, 2.05) is 0 Å². The molecule has 0 fully saturated rings. The van der Waals surface area contributed by atoms with Crippen LogP contribution in [0.15, 0.2) is 53.4 Å². The highest BCUT2D eigenvalue weighted by Crippen LogP contribution is 2.19. The van der Waals surface area contributed by atoms with E-state index in [1.165, 1.54) is 28.6 Å². The fourth-order valence-corrected chi connectivity index (χ4v) is 4.08. The summed E-state index contributed by atoms with van der Waals surface area (Å²) >= 11 is 0. The molecule has 180 valence electrons. The minimum Gasteiger partial charge on any atom is -0.473 e. The number of aliphatic carboxylic acids is 2. The Morgan fingerprint density at radius 1 is 0.970 bits per heavy atom. The van der Waals surface area contributed by atoms with E-state index in [4.69, 9.17) is 19.8 Å². The molecule has 4 N–H and O–H groups in total. The quantitative estimate of drug-likeness (QED) is 0.394. The van der Waals surface area contributed by atoms with Crippen LogP contribution in [0.5, 0.6) is 0 Å². The lowest BCUT2D eigenvalue weighted by molar-refractivity contribution is -0.159. The van der Waals surface area contributed by atoms with Gasteiger partial charge in [0.25, 0.3) is 0 Å². The average molecular weight is 484 g/mol. The molecule has 10 nitrogen and oxygen atoms in total. The standard InChI is InChI=1S/C19H24FN3O3S.C2H2O4/c1-3-23(4-2)27(25,26)18-7-5-6-17(12-18)22-19(24)14-21-13-15-8-10-16(20)11-9-15;3-1(4)2(5)6/h5-12,21H,3-4,13-14H2,1-2H3,(H,22,24);(H,3,4)(H,5,6). The van der Waals surface area contributed by atoms with Crippen molar-refractivity contribution in [3.05, 3.63) is 59.9 Å². The second kappa shape index (κ2) is 13.3. The summed E-state index contributed by atoms with van der Waals surface area (Å²) in [7, 11) is -3.58. The predicted octanol–water partition coefficient (Wildman–Crippen LogP) is 1.74. The molecule has 0 heterocycles. The fraction of sp³-hybridized carbons (Fsp3) is 0.286. The van der Waals surface area contributed by atoms with Gasteiger partial charge in [-0.2, -0.15) is 4.31 Å². The number of benzene rings is 2. The number of carbonyl (C=O) groups excluding carboxylic acids is 1. The third-order valence-electron chi connectivity index (χ3n) is 4.17. The Bertz CT molecular complexity index is 1040. The molecule has 0 bridgehead atoms. The SMILES string of the molecule is CCN(CC)S(=O)(=O)c1cccc(NC(=O)CNCc2ccc(F)cc2)c1.O=C(O)C(=O)O. The number of sulfonamides is 1. The number of hydrogen-bond donors (Lipinski definition) is 4. The summed E-state index contributed by atoms with van der Waals surface area (Å²) in [5, 5.41) is 20.4. The van der Waals surface area contributed by atoms with Crippen LogP contribution in [-0.4, -0.2) is 60.4 Å². The van der Waals surface area contributed by atoms with Gasteiger partial charge < -0.3 is 20.8 Å². The molecule has 12 heteroatoms. The summed E-state index contributed by atoms with van der Waals surface area (Å²) in [5.41, 5.74) is 1.27. The number of nitrogens with zero attached hydrogens (tertiary/aromatic N) is 1. The number of carboxylic acid groups (broad SMARTS) is 2. The molecule has 0 unspecified atom stereocenters. The highest BCUT2D eigenvalue weighted by Gasteiger charge is 2.21. The van der Waals surface area contributed by atoms with Gasteiger partial charge in [-0.1, -0.05) is 32.0 Å². The van der Waals surface area contributed by atoms with Crippen molar-refractivity contribution < 1.29 is 37.4 Å². The summed E-state index contributed by atoms with van der Waals surface area (Å²) in [6.07, 6.45) is 0. The summed E-state index contributed by atoms with van der Waals surface area (Å²) < 4.78 is 39.3. The fourth-order valence-electron chi connectivity index (χ4n) is 2.57. The molecule has 0 aliphatic heterocycles. The van der Waals surface area contributed by atoms with Crippen LogP contribution in [0.25, 0.3) is 0 Å². The monoisotopic (exact) mass is 483 g/mol. The minimum atomic E-state index is -3.58. The Balaban J connectivity index is 0.000000801. The van der Waals surface area contributed by atoms with Gasteiger partial charge in [-0.05, 0) is 35.9 Å². The maximum atomic E-state index is 12.9. The van der Waals surface area contributed by atoms with Crippen molar-refractivity contribution in [3.8, 4) is 0 Å². The maximum Gasteiger partial charge on any atom is 0.414 e. The largest absolute Gasteiger partial charge is 0.473 e. The van der Waals surface area contributed by atoms with Crippen LogP contribution >= 0.6 is 0 Å². The number of halogens is 1. The highest BCUT2D eigenvalue weighted by atomic mass is 32.2. The molecule has 0 saturated heterocycles. The highest BCUT2D eigenvalue weighted by molar-refractivity contribution is 7.89. The zero-order valence-corrected chi connectivity index (χ0v) is 18.9. The Morgan fingerprint density at radius 2 is 1.55 bits per heavy atom. The molecule has 33 heavy (non-hydrogen) atoms. The van der Waals surface area contributed by atoms with Gasteiger partial charge in [0, 0.05) is 25.3 Å². The first-order valence-corrected chi connectivity index (χ1v) is 11.3. The van der Waals surface area contributed by atoms with Gasteiger partial charge in [0.2, 0.25) is 15.9 Å². The van der Waals surface area contributed by atoms with Gasteiger partial charge in [-0.15, -0.1) is 0 Å². The van der Waals surface area contributed by atoms with E-state index in [0.29, 0.717) is 25.3 Å². The van der Waals surface area contributed by atoms with Crippen LogP contribution in [0.2, 0.25) is 0 Å². The predicted molar refractivity (Wildman–Crippen MR) is 119 cm³/mol. The number of rotatable bonds is 9. The summed E-state index contributed by atoms with van der Waals surface area (Å²) in [6, 6.07) is 12.2. The van der Waals surface area contributed by atoms with Gasteiger partial charge in [0.1, 0.15) is 5.82 Å². The smallest absolute Gasteiger partial charge is 0.414 e. The van der Waals surface area contributed by atoms with Crippen molar-refractivity contribution in [2.24, 2.45) is 0 Å². The van der Waals surface area contributed by atoms with Crippen LogP contribution in [0, 0.1) is 5.82 Å². The van der Waals surface area contributed by atoms with E-state index in [2.05, 4.69) is 10.6 Å². The van der Waals surface area contributed by atoms with Gasteiger partial charge in [-0.25, -0.2) is 22.4 Å². The molecule has 2 rings (SSSR count). The molecule has 2 aromatic rings. The van der Waals surface area contributed by atoms with Crippen molar-refractivity contribution in [2.75, 3.05) is 25.0 Å². The number of carbonyl (C=O) groups is 3. The number of hydrogen-bond acceptors (Lipinski definition) is 6. The van der Waals surface area contributed by atoms with Crippen LogP contribution < -0.4 is 10.6 Å². The van der Waals surface area contributed by atoms with Crippen molar-refractivity contribution >= 4 is 33.6 Å². The van der Waals surface area contributed by atoms with E-state index in [-0.39, 0.29) is 23.2 Å². The minimum absolute atomic E-state index is 0.0460. The molecular weight excluding hydrogens is 457 g/mol. The Kier molecular flexibility index (Phi) is 11.1. The maximum absolute atomic E-state index is 12.9. The number of anilines is 1. The first-order valence-electron chi connectivity index (χ1n) is 9.82. The first-order chi connectivity index (χ1) is 15.5. The Morgan fingerprint density at radius 3 is 2.06 bits per heavy atom. The zero-order valence-electron chi connectivity index (χ0n) is 18.1. The van der Waals surface area contributed by atoms with Crippen molar-refractivity contribution in [3.63, 3.8) is 0 Å². The van der Waals surface area contributed by atoms with Crippen LogP contribution in [-0.2, 0) is 31.0 Å². The van der Waals surface area contributed by atoms with Crippen molar-refractivity contribution in [1.29, 1.82) is 0 Å². The van der Waals surface area contributed by atoms with Crippen molar-refractivity contribution in [1.82, 2.24) is 9.62 Å². The molecule has 0 atom stereocenters. The van der Waals surface area contributed by atoms with Crippen LogP contribution in [0.4, 0.5) is 10.1 Å². The summed E-state index contributed by atoms with van der Waals surface area (Å²) in [6.45, 7) is 4.78. The van der Waals surface area contributed by atoms with E-state index < -0.39 is 22.0 Å². The number of amides is 1. The van der Waals surface area contributed by atoms with E-state index in [9.17, 15) is 17.6 Å². The topological polar surface area (TPSA) is 153 Å². The number of carboxylic acids is 2. The Labute approximate surface area is 191 Å². The molecule has 0 aliphatic carbocycles.